The number of hydrogen-bond donors (Lipinski definition) is 2. The van der Waals surface area contributed by atoms with E-state index in [1.54, 1.807) is 6.08 Å². The monoisotopic (exact) mass is 508 g/mol. The van der Waals surface area contributed by atoms with E-state index in [1.807, 2.05) is 116 Å². The van der Waals surface area contributed by atoms with Crippen LogP contribution in [0.15, 0.2) is 120 Å². The number of carbonyl (C=O) groups excluding carboxylic acids is 2. The van der Waals surface area contributed by atoms with Crippen LogP contribution in [0.4, 0.5) is 11.4 Å². The Morgan fingerprint density at radius 2 is 1.46 bits per heavy atom. The normalized spacial score (nSPS) is 11.6. The van der Waals surface area contributed by atoms with Gasteiger partial charge in [-0.3, -0.25) is 9.59 Å². The van der Waals surface area contributed by atoms with Gasteiger partial charge in [0.25, 0.3) is 0 Å². The first-order chi connectivity index (χ1) is 18.1. The Kier molecular flexibility index (Phi) is 9.16. The summed E-state index contributed by atoms with van der Waals surface area (Å²) in [4.78, 5) is 26.2. The van der Waals surface area contributed by atoms with Crippen molar-refractivity contribution in [2.24, 2.45) is 0 Å². The number of amides is 2. The van der Waals surface area contributed by atoms with Crippen LogP contribution in [-0.4, -0.2) is 17.1 Å². The number of thioether (sulfide) groups is 1. The van der Waals surface area contributed by atoms with Gasteiger partial charge in [0.1, 0.15) is 11.5 Å². The Hall–Kier alpha value is -4.29. The molecule has 0 spiro atoms. The van der Waals surface area contributed by atoms with Gasteiger partial charge in [-0.1, -0.05) is 61.5 Å². The maximum atomic E-state index is 13.0. The molecule has 1 atom stereocenters. The Balaban J connectivity index is 1.32. The van der Waals surface area contributed by atoms with Crippen LogP contribution in [0, 0.1) is 0 Å². The number of nitrogens with one attached hydrogen (secondary N) is 2. The third-order valence-electron chi connectivity index (χ3n) is 5.37. The van der Waals surface area contributed by atoms with E-state index in [1.165, 1.54) is 17.8 Å². The minimum absolute atomic E-state index is 0.0792. The molecular formula is C31H28N2O3S. The predicted molar refractivity (Wildman–Crippen MR) is 152 cm³/mol. The lowest BCUT2D eigenvalue weighted by Gasteiger charge is -2.16. The highest BCUT2D eigenvalue weighted by Crippen LogP contribution is 2.29. The number of anilines is 2. The van der Waals surface area contributed by atoms with Crippen LogP contribution in [0.5, 0.6) is 11.5 Å². The molecule has 0 fully saturated rings. The molecule has 0 aliphatic heterocycles. The zero-order valence-corrected chi connectivity index (χ0v) is 21.3. The maximum absolute atomic E-state index is 13.0. The second-order valence-corrected chi connectivity index (χ2v) is 9.48. The van der Waals surface area contributed by atoms with Crippen LogP contribution in [0.2, 0.25) is 0 Å². The first kappa shape index (κ1) is 25.8. The Bertz CT molecular complexity index is 1340. The summed E-state index contributed by atoms with van der Waals surface area (Å²) < 4.78 is 5.81. The largest absolute Gasteiger partial charge is 0.457 e. The van der Waals surface area contributed by atoms with Gasteiger partial charge in [-0.25, -0.2) is 0 Å². The second kappa shape index (κ2) is 13.1. The van der Waals surface area contributed by atoms with Crippen molar-refractivity contribution in [1.29, 1.82) is 0 Å². The highest BCUT2D eigenvalue weighted by Gasteiger charge is 2.18. The summed E-state index contributed by atoms with van der Waals surface area (Å²) in [6.45, 7) is 1.98. The summed E-state index contributed by atoms with van der Waals surface area (Å²) in [5, 5.41) is 5.59. The molecule has 0 saturated heterocycles. The molecule has 186 valence electrons. The lowest BCUT2D eigenvalue weighted by molar-refractivity contribution is -0.115. The first-order valence-corrected chi connectivity index (χ1v) is 12.9. The first-order valence-electron chi connectivity index (χ1n) is 12.0. The molecule has 4 aromatic rings. The molecule has 2 amide bonds. The van der Waals surface area contributed by atoms with E-state index in [9.17, 15) is 9.59 Å². The quantitative estimate of drug-likeness (QED) is 0.171. The fraction of sp³-hybridized carbons (Fsp3) is 0.0968. The number of para-hydroxylation sites is 1. The molecule has 0 radical (unpaired) electrons. The Morgan fingerprint density at radius 3 is 2.16 bits per heavy atom. The van der Waals surface area contributed by atoms with Gasteiger partial charge in [0.15, 0.2) is 0 Å². The molecular weight excluding hydrogens is 480 g/mol. The summed E-state index contributed by atoms with van der Waals surface area (Å²) in [5.41, 5.74) is 2.34. The van der Waals surface area contributed by atoms with E-state index < -0.39 is 0 Å². The van der Waals surface area contributed by atoms with Crippen LogP contribution < -0.4 is 15.4 Å². The van der Waals surface area contributed by atoms with Gasteiger partial charge in [-0.15, -0.1) is 11.8 Å². The van der Waals surface area contributed by atoms with E-state index in [0.29, 0.717) is 23.5 Å². The molecule has 4 rings (SSSR count). The average molecular weight is 509 g/mol. The summed E-state index contributed by atoms with van der Waals surface area (Å²) >= 11 is 1.47. The lowest BCUT2D eigenvalue weighted by atomic mass is 10.2. The van der Waals surface area contributed by atoms with Gasteiger partial charge >= 0.3 is 0 Å². The van der Waals surface area contributed by atoms with E-state index in [2.05, 4.69) is 10.6 Å². The van der Waals surface area contributed by atoms with Gasteiger partial charge in [0.2, 0.25) is 11.8 Å². The number of carbonyl (C=O) groups is 2. The maximum Gasteiger partial charge on any atom is 0.248 e. The average Bonchev–Trinajstić information content (AvgIpc) is 2.93. The zero-order valence-electron chi connectivity index (χ0n) is 20.5. The second-order valence-electron chi connectivity index (χ2n) is 8.20. The van der Waals surface area contributed by atoms with Crippen LogP contribution in [0.1, 0.15) is 18.9 Å². The summed E-state index contributed by atoms with van der Waals surface area (Å²) in [6, 6.07) is 34.0. The fourth-order valence-electron chi connectivity index (χ4n) is 3.51. The van der Waals surface area contributed by atoms with Crippen molar-refractivity contribution in [1.82, 2.24) is 0 Å². The molecule has 0 heterocycles. The Morgan fingerprint density at radius 1 is 0.784 bits per heavy atom. The van der Waals surface area contributed by atoms with Crippen molar-refractivity contribution in [2.75, 3.05) is 10.6 Å². The number of hydrogen-bond acceptors (Lipinski definition) is 4. The number of benzene rings is 4. The molecule has 0 aliphatic carbocycles. The molecule has 0 aromatic heterocycles. The highest BCUT2D eigenvalue weighted by molar-refractivity contribution is 8.00. The smallest absolute Gasteiger partial charge is 0.248 e. The fourth-order valence-corrected chi connectivity index (χ4v) is 4.52. The summed E-state index contributed by atoms with van der Waals surface area (Å²) in [6.07, 6.45) is 3.93. The van der Waals surface area contributed by atoms with Gasteiger partial charge in [0.05, 0.1) is 5.25 Å². The number of ether oxygens (including phenoxy) is 1. The lowest BCUT2D eigenvalue weighted by Crippen LogP contribution is -2.24. The minimum Gasteiger partial charge on any atom is -0.457 e. The molecule has 37 heavy (non-hydrogen) atoms. The van der Waals surface area contributed by atoms with Crippen LogP contribution >= 0.6 is 11.8 Å². The van der Waals surface area contributed by atoms with Crippen molar-refractivity contribution in [3.63, 3.8) is 0 Å². The van der Waals surface area contributed by atoms with Crippen molar-refractivity contribution in [2.45, 2.75) is 23.5 Å². The Labute approximate surface area is 221 Å². The van der Waals surface area contributed by atoms with Crippen molar-refractivity contribution in [3.05, 3.63) is 121 Å². The zero-order chi connectivity index (χ0) is 25.9. The van der Waals surface area contributed by atoms with Crippen molar-refractivity contribution < 1.29 is 14.3 Å². The SMILES string of the molecule is CCC(Sc1cccc(NC(=O)/C=C/c2ccccc2)c1)C(=O)Nc1ccc(Oc2ccccc2)cc1. The molecule has 5 nitrogen and oxygen atoms in total. The van der Waals surface area contributed by atoms with Crippen molar-refractivity contribution >= 4 is 41.0 Å². The van der Waals surface area contributed by atoms with Gasteiger partial charge in [-0.05, 0) is 72.7 Å². The van der Waals surface area contributed by atoms with E-state index in [-0.39, 0.29) is 17.1 Å². The van der Waals surface area contributed by atoms with Gasteiger partial charge in [-0.2, -0.15) is 0 Å². The van der Waals surface area contributed by atoms with Crippen LogP contribution in [-0.2, 0) is 9.59 Å². The molecule has 6 heteroatoms. The molecule has 0 aliphatic rings. The van der Waals surface area contributed by atoms with Crippen LogP contribution in [0.3, 0.4) is 0 Å². The van der Waals surface area contributed by atoms with E-state index in [4.69, 9.17) is 4.74 Å². The third kappa shape index (κ3) is 8.12. The van der Waals surface area contributed by atoms with E-state index >= 15 is 0 Å². The molecule has 0 bridgehead atoms. The molecule has 1 unspecified atom stereocenters. The van der Waals surface area contributed by atoms with E-state index in [0.717, 1.165) is 16.2 Å². The standard InChI is InChI=1S/C31H28N2O3S/c1-2-29(31(35)33-24-17-19-27(20-18-24)36-26-13-7-4-8-14-26)37-28-15-9-12-25(22-28)32-30(34)21-16-23-10-5-3-6-11-23/h3-22,29H,2H2,1H3,(H,32,34)(H,33,35)/b21-16+. The summed E-state index contributed by atoms with van der Waals surface area (Å²) in [7, 11) is 0. The molecule has 0 saturated carbocycles. The molecule has 2 N–H and O–H groups in total. The molecule has 4 aromatic carbocycles. The van der Waals surface area contributed by atoms with Gasteiger partial charge in [0, 0.05) is 22.3 Å². The van der Waals surface area contributed by atoms with Gasteiger partial charge < -0.3 is 15.4 Å². The van der Waals surface area contributed by atoms with Crippen LogP contribution in [0.25, 0.3) is 6.08 Å². The third-order valence-corrected chi connectivity index (χ3v) is 6.73. The predicted octanol–water partition coefficient (Wildman–Crippen LogP) is 7.64. The van der Waals surface area contributed by atoms with Crippen molar-refractivity contribution in [3.8, 4) is 11.5 Å². The highest BCUT2D eigenvalue weighted by atomic mass is 32.2. The summed E-state index contributed by atoms with van der Waals surface area (Å²) in [5.74, 6) is 1.16. The topological polar surface area (TPSA) is 67.4 Å². The number of rotatable bonds is 10. The minimum atomic E-state index is -0.288.